The van der Waals surface area contributed by atoms with E-state index in [0.717, 1.165) is 12.0 Å². The summed E-state index contributed by atoms with van der Waals surface area (Å²) < 4.78 is 12.7. The minimum atomic E-state index is -0.329. The molecule has 0 bridgehead atoms. The van der Waals surface area contributed by atoms with E-state index in [4.69, 9.17) is 32.7 Å². The van der Waals surface area contributed by atoms with Crippen molar-refractivity contribution in [2.45, 2.75) is 19.9 Å². The predicted molar refractivity (Wildman–Crippen MR) is 115 cm³/mol. The predicted octanol–water partition coefficient (Wildman–Crippen LogP) is 5.29. The number of rotatable bonds is 8. The molecular weight excluding hydrogens is 413 g/mol. The van der Waals surface area contributed by atoms with E-state index in [-0.39, 0.29) is 5.91 Å². The van der Waals surface area contributed by atoms with Crippen molar-refractivity contribution < 1.29 is 14.3 Å². The molecule has 0 radical (unpaired) electrons. The quantitative estimate of drug-likeness (QED) is 0.524. The van der Waals surface area contributed by atoms with Crippen molar-refractivity contribution in [3.63, 3.8) is 0 Å². The number of amides is 1. The first-order chi connectivity index (χ1) is 14.0. The molecule has 0 atom stereocenters. The summed E-state index contributed by atoms with van der Waals surface area (Å²) in [6.07, 6.45) is 2.46. The Labute approximate surface area is 179 Å². The summed E-state index contributed by atoms with van der Waals surface area (Å²) in [5, 5.41) is 8.12. The lowest BCUT2D eigenvalue weighted by atomic mass is 10.2. The van der Waals surface area contributed by atoms with Gasteiger partial charge < -0.3 is 14.8 Å². The van der Waals surface area contributed by atoms with Crippen molar-refractivity contribution in [2.24, 2.45) is 0 Å². The van der Waals surface area contributed by atoms with Crippen LogP contribution in [0.5, 0.6) is 11.5 Å². The standard InChI is InChI=1S/C21H21Cl2N3O3/c1-3-10-29-20-17(23)11-15(12-18(20)28-2)21(27)25-19-8-9-24-26(19)13-14-4-6-16(22)7-5-14/h4-9,11-12H,3,10,13H2,1-2H3,(H,25,27). The Hall–Kier alpha value is -2.70. The molecule has 3 rings (SSSR count). The Kier molecular flexibility index (Phi) is 7.01. The summed E-state index contributed by atoms with van der Waals surface area (Å²) in [6.45, 7) is 2.99. The van der Waals surface area contributed by atoms with Crippen LogP contribution in [0.15, 0.2) is 48.7 Å². The number of benzene rings is 2. The van der Waals surface area contributed by atoms with Crippen molar-refractivity contribution in [3.05, 3.63) is 69.8 Å². The molecule has 1 amide bonds. The van der Waals surface area contributed by atoms with Crippen molar-refractivity contribution in [1.29, 1.82) is 0 Å². The molecule has 0 fully saturated rings. The number of hydrogen-bond donors (Lipinski definition) is 1. The van der Waals surface area contributed by atoms with Gasteiger partial charge in [-0.15, -0.1) is 0 Å². The number of nitrogens with one attached hydrogen (secondary N) is 1. The van der Waals surface area contributed by atoms with E-state index in [0.29, 0.717) is 46.1 Å². The Bertz CT molecular complexity index is 987. The van der Waals surface area contributed by atoms with E-state index in [1.54, 1.807) is 29.1 Å². The van der Waals surface area contributed by atoms with Crippen molar-refractivity contribution in [3.8, 4) is 11.5 Å². The molecule has 1 heterocycles. The van der Waals surface area contributed by atoms with Crippen LogP contribution in [0.25, 0.3) is 0 Å². The second-order valence-electron chi connectivity index (χ2n) is 6.29. The third kappa shape index (κ3) is 5.22. The average molecular weight is 434 g/mol. The first-order valence-corrected chi connectivity index (χ1v) is 9.85. The summed E-state index contributed by atoms with van der Waals surface area (Å²) in [4.78, 5) is 12.8. The SMILES string of the molecule is CCCOc1c(Cl)cc(C(=O)Nc2ccnn2Cc2ccc(Cl)cc2)cc1OC. The van der Waals surface area contributed by atoms with E-state index in [9.17, 15) is 4.79 Å². The van der Waals surface area contributed by atoms with E-state index in [2.05, 4.69) is 10.4 Å². The third-order valence-electron chi connectivity index (χ3n) is 4.15. The third-order valence-corrected chi connectivity index (χ3v) is 4.68. The number of nitrogens with zero attached hydrogens (tertiary/aromatic N) is 2. The maximum absolute atomic E-state index is 12.8. The maximum atomic E-state index is 12.8. The van der Waals surface area contributed by atoms with Gasteiger partial charge in [-0.3, -0.25) is 4.79 Å². The molecule has 6 nitrogen and oxygen atoms in total. The molecule has 152 valence electrons. The van der Waals surface area contributed by atoms with Crippen LogP contribution >= 0.6 is 23.2 Å². The van der Waals surface area contributed by atoms with Crippen molar-refractivity contribution in [1.82, 2.24) is 9.78 Å². The Morgan fingerprint density at radius 2 is 1.93 bits per heavy atom. The Morgan fingerprint density at radius 3 is 2.62 bits per heavy atom. The molecule has 0 saturated heterocycles. The summed E-state index contributed by atoms with van der Waals surface area (Å²) in [7, 11) is 1.51. The molecule has 0 aliphatic heterocycles. The number of methoxy groups -OCH3 is 1. The first kappa shape index (κ1) is 21.0. The molecule has 0 spiro atoms. The van der Waals surface area contributed by atoms with Crippen LogP contribution in [-0.4, -0.2) is 29.4 Å². The fourth-order valence-corrected chi connectivity index (χ4v) is 3.10. The molecule has 3 aromatic rings. The molecule has 0 saturated carbocycles. The molecule has 0 aliphatic carbocycles. The monoisotopic (exact) mass is 433 g/mol. The number of anilines is 1. The fourth-order valence-electron chi connectivity index (χ4n) is 2.71. The zero-order chi connectivity index (χ0) is 20.8. The van der Waals surface area contributed by atoms with Crippen LogP contribution in [-0.2, 0) is 6.54 Å². The van der Waals surface area contributed by atoms with Gasteiger partial charge in [-0.25, -0.2) is 4.68 Å². The van der Waals surface area contributed by atoms with Gasteiger partial charge in [0, 0.05) is 16.7 Å². The first-order valence-electron chi connectivity index (χ1n) is 9.09. The van der Waals surface area contributed by atoms with E-state index in [1.807, 2.05) is 31.2 Å². The Morgan fingerprint density at radius 1 is 1.17 bits per heavy atom. The lowest BCUT2D eigenvalue weighted by Crippen LogP contribution is -2.16. The molecule has 0 unspecified atom stereocenters. The number of hydrogen-bond acceptors (Lipinski definition) is 4. The summed E-state index contributed by atoms with van der Waals surface area (Å²) in [5.41, 5.74) is 1.37. The number of ether oxygens (including phenoxy) is 2. The van der Waals surface area contributed by atoms with Crippen LogP contribution in [0, 0.1) is 0 Å². The molecule has 1 aromatic heterocycles. The van der Waals surface area contributed by atoms with Crippen molar-refractivity contribution >= 4 is 34.9 Å². The fraction of sp³-hybridized carbons (Fsp3) is 0.238. The highest BCUT2D eigenvalue weighted by atomic mass is 35.5. The number of aromatic nitrogens is 2. The van der Waals surface area contributed by atoms with Gasteiger partial charge in [0.05, 0.1) is 31.5 Å². The van der Waals surface area contributed by atoms with Crippen LogP contribution in [0.2, 0.25) is 10.0 Å². The normalized spacial score (nSPS) is 10.6. The number of carbonyl (C=O) groups excluding carboxylic acids is 1. The van der Waals surface area contributed by atoms with Gasteiger partial charge >= 0.3 is 0 Å². The zero-order valence-electron chi connectivity index (χ0n) is 16.1. The number of carbonyl (C=O) groups is 1. The van der Waals surface area contributed by atoms with Gasteiger partial charge in [0.25, 0.3) is 5.91 Å². The summed E-state index contributed by atoms with van der Waals surface area (Å²) >= 11 is 12.2. The molecular formula is C21H21Cl2N3O3. The second kappa shape index (κ2) is 9.67. The average Bonchev–Trinajstić information content (AvgIpc) is 3.14. The van der Waals surface area contributed by atoms with Crippen LogP contribution in [0.4, 0.5) is 5.82 Å². The molecule has 1 N–H and O–H groups in total. The van der Waals surface area contributed by atoms with Gasteiger partial charge in [-0.1, -0.05) is 42.3 Å². The van der Waals surface area contributed by atoms with E-state index < -0.39 is 0 Å². The summed E-state index contributed by atoms with van der Waals surface area (Å²) in [5.74, 6) is 1.07. The van der Waals surface area contributed by atoms with Crippen LogP contribution < -0.4 is 14.8 Å². The molecule has 2 aromatic carbocycles. The lowest BCUT2D eigenvalue weighted by molar-refractivity contribution is 0.102. The second-order valence-corrected chi connectivity index (χ2v) is 7.14. The van der Waals surface area contributed by atoms with Gasteiger partial charge in [0.15, 0.2) is 11.5 Å². The lowest BCUT2D eigenvalue weighted by Gasteiger charge is -2.14. The van der Waals surface area contributed by atoms with Crippen molar-refractivity contribution in [2.75, 3.05) is 19.0 Å². The van der Waals surface area contributed by atoms with Gasteiger partial charge in [0.2, 0.25) is 0 Å². The molecule has 29 heavy (non-hydrogen) atoms. The van der Waals surface area contributed by atoms with E-state index in [1.165, 1.54) is 7.11 Å². The largest absolute Gasteiger partial charge is 0.493 e. The smallest absolute Gasteiger partial charge is 0.257 e. The minimum absolute atomic E-state index is 0.317. The maximum Gasteiger partial charge on any atom is 0.257 e. The highest BCUT2D eigenvalue weighted by Gasteiger charge is 2.17. The number of halogens is 2. The minimum Gasteiger partial charge on any atom is -0.493 e. The topological polar surface area (TPSA) is 65.4 Å². The Balaban J connectivity index is 1.78. The highest BCUT2D eigenvalue weighted by Crippen LogP contribution is 2.36. The highest BCUT2D eigenvalue weighted by molar-refractivity contribution is 6.32. The zero-order valence-corrected chi connectivity index (χ0v) is 17.6. The van der Waals surface area contributed by atoms with Crippen LogP contribution in [0.3, 0.4) is 0 Å². The van der Waals surface area contributed by atoms with Crippen LogP contribution in [0.1, 0.15) is 29.3 Å². The summed E-state index contributed by atoms with van der Waals surface area (Å²) in [6, 6.07) is 12.3. The molecule has 0 aliphatic rings. The molecule has 8 heteroatoms. The van der Waals surface area contributed by atoms with Gasteiger partial charge in [-0.05, 0) is 36.2 Å². The van der Waals surface area contributed by atoms with E-state index >= 15 is 0 Å². The van der Waals surface area contributed by atoms with Gasteiger partial charge in [0.1, 0.15) is 5.82 Å². The van der Waals surface area contributed by atoms with Gasteiger partial charge in [-0.2, -0.15) is 5.10 Å².